The van der Waals surface area contributed by atoms with Crippen LogP contribution in [0.2, 0.25) is 0 Å². The molecule has 0 saturated heterocycles. The average Bonchev–Trinajstić information content (AvgIpc) is 3.06. The largest absolute Gasteiger partial charge is 0.504 e. The van der Waals surface area contributed by atoms with Crippen LogP contribution in [0.3, 0.4) is 0 Å². The highest BCUT2D eigenvalue weighted by molar-refractivity contribution is 5.85. The Morgan fingerprint density at radius 3 is 2.62 bits per heavy atom. The molecule has 0 spiro atoms. The predicted molar refractivity (Wildman–Crippen MR) is 95.5 cm³/mol. The summed E-state index contributed by atoms with van der Waals surface area (Å²) in [7, 11) is 0. The summed E-state index contributed by atoms with van der Waals surface area (Å²) in [6, 6.07) is 10.2. The molecule has 0 aliphatic heterocycles. The van der Waals surface area contributed by atoms with Gasteiger partial charge in [0.1, 0.15) is 5.82 Å². The van der Waals surface area contributed by atoms with Gasteiger partial charge in [-0.25, -0.2) is 14.4 Å². The van der Waals surface area contributed by atoms with Gasteiger partial charge in [-0.15, -0.1) is 0 Å². The predicted octanol–water partition coefficient (Wildman–Crippen LogP) is 3.71. The molecular weight excluding hydrogens is 335 g/mol. The molecule has 4 N–H and O–H groups in total. The van der Waals surface area contributed by atoms with Crippen molar-refractivity contribution in [3.8, 4) is 11.5 Å². The molecule has 0 aliphatic carbocycles. The van der Waals surface area contributed by atoms with E-state index in [0.29, 0.717) is 22.5 Å². The zero-order valence-corrected chi connectivity index (χ0v) is 13.5. The first-order chi connectivity index (χ1) is 12.6. The maximum absolute atomic E-state index is 13.8. The van der Waals surface area contributed by atoms with E-state index in [-0.39, 0.29) is 17.3 Å². The molecule has 4 rings (SSSR count). The molecular formula is C19H15FN4O2. The minimum Gasteiger partial charge on any atom is -0.504 e. The number of hydrogen-bond acceptors (Lipinski definition) is 5. The minimum atomic E-state index is -0.611. The summed E-state index contributed by atoms with van der Waals surface area (Å²) < 4.78 is 13.8. The zero-order chi connectivity index (χ0) is 18.1. The Morgan fingerprint density at radius 1 is 1.00 bits per heavy atom. The van der Waals surface area contributed by atoms with Gasteiger partial charge in [0.05, 0.1) is 6.04 Å². The molecule has 0 radical (unpaired) electrons. The summed E-state index contributed by atoms with van der Waals surface area (Å²) in [6.07, 6.45) is 4.90. The van der Waals surface area contributed by atoms with E-state index in [0.717, 1.165) is 5.52 Å². The van der Waals surface area contributed by atoms with Gasteiger partial charge >= 0.3 is 0 Å². The number of hydrogen-bond donors (Lipinski definition) is 4. The molecule has 0 aliphatic rings. The molecule has 26 heavy (non-hydrogen) atoms. The molecule has 1 atom stereocenters. The SMILES string of the molecule is Oc1cccc(C(Nc2ncccn2)c2c[nH]c3ccc(F)cc23)c1O. The van der Waals surface area contributed by atoms with Gasteiger partial charge in [-0.3, -0.25) is 0 Å². The number of nitrogens with one attached hydrogen (secondary N) is 2. The molecule has 6 nitrogen and oxygen atoms in total. The van der Waals surface area contributed by atoms with Gasteiger partial charge in [0.2, 0.25) is 5.95 Å². The van der Waals surface area contributed by atoms with Crippen molar-refractivity contribution in [3.05, 3.63) is 78.0 Å². The number of H-pyrrole nitrogens is 1. The number of aromatic nitrogens is 3. The standard InChI is InChI=1S/C19H15FN4O2/c20-11-5-6-15-13(9-11)14(10-23-15)17(24-19-21-7-2-8-22-19)12-3-1-4-16(25)18(12)26/h1-10,17,23,25-26H,(H,21,22,24). The van der Waals surface area contributed by atoms with Gasteiger partial charge in [0.15, 0.2) is 11.5 Å². The van der Waals surface area contributed by atoms with E-state index in [9.17, 15) is 14.6 Å². The van der Waals surface area contributed by atoms with Crippen molar-refractivity contribution >= 4 is 16.9 Å². The van der Waals surface area contributed by atoms with E-state index in [2.05, 4.69) is 20.3 Å². The van der Waals surface area contributed by atoms with Crippen molar-refractivity contribution in [2.75, 3.05) is 5.32 Å². The number of anilines is 1. The van der Waals surface area contributed by atoms with Crippen molar-refractivity contribution in [1.82, 2.24) is 15.0 Å². The number of nitrogens with zero attached hydrogens (tertiary/aromatic N) is 2. The van der Waals surface area contributed by atoms with Gasteiger partial charge in [0, 0.05) is 40.6 Å². The van der Waals surface area contributed by atoms with E-state index >= 15 is 0 Å². The fraction of sp³-hybridized carbons (Fsp3) is 0.0526. The summed E-state index contributed by atoms with van der Waals surface area (Å²) in [5, 5.41) is 24.0. The lowest BCUT2D eigenvalue weighted by Gasteiger charge is -2.20. The average molecular weight is 350 g/mol. The number of halogens is 1. The molecule has 0 fully saturated rings. The lowest BCUT2D eigenvalue weighted by atomic mass is 9.97. The fourth-order valence-corrected chi connectivity index (χ4v) is 2.96. The summed E-state index contributed by atoms with van der Waals surface area (Å²) in [5.41, 5.74) is 1.86. The van der Waals surface area contributed by atoms with Crippen LogP contribution in [-0.2, 0) is 0 Å². The second-order valence-corrected chi connectivity index (χ2v) is 5.80. The number of benzene rings is 2. The second kappa shape index (κ2) is 6.36. The number of phenolic OH excluding ortho intramolecular Hbond substituents is 2. The summed E-state index contributed by atoms with van der Waals surface area (Å²) in [6.45, 7) is 0. The van der Waals surface area contributed by atoms with Gasteiger partial charge in [0.25, 0.3) is 0 Å². The summed E-state index contributed by atoms with van der Waals surface area (Å²) >= 11 is 0. The summed E-state index contributed by atoms with van der Waals surface area (Å²) in [5.74, 6) is -0.528. The maximum Gasteiger partial charge on any atom is 0.223 e. The van der Waals surface area contributed by atoms with Crippen molar-refractivity contribution in [2.24, 2.45) is 0 Å². The van der Waals surface area contributed by atoms with Crippen LogP contribution < -0.4 is 5.32 Å². The van der Waals surface area contributed by atoms with Crippen molar-refractivity contribution in [3.63, 3.8) is 0 Å². The van der Waals surface area contributed by atoms with E-state index < -0.39 is 6.04 Å². The smallest absolute Gasteiger partial charge is 0.223 e. The Bertz CT molecular complexity index is 1070. The molecule has 0 amide bonds. The molecule has 0 saturated carbocycles. The summed E-state index contributed by atoms with van der Waals surface area (Å²) in [4.78, 5) is 11.4. The quantitative estimate of drug-likeness (QED) is 0.421. The lowest BCUT2D eigenvalue weighted by molar-refractivity contribution is 0.398. The van der Waals surface area contributed by atoms with Gasteiger partial charge in [-0.05, 0) is 30.3 Å². The zero-order valence-electron chi connectivity index (χ0n) is 13.5. The molecule has 4 aromatic rings. The van der Waals surface area contributed by atoms with Crippen molar-refractivity contribution in [1.29, 1.82) is 0 Å². The number of para-hydroxylation sites is 1. The first-order valence-electron chi connectivity index (χ1n) is 7.94. The highest BCUT2D eigenvalue weighted by Gasteiger charge is 2.23. The molecule has 130 valence electrons. The first-order valence-corrected chi connectivity index (χ1v) is 7.94. The molecule has 2 aromatic carbocycles. The minimum absolute atomic E-state index is 0.241. The third-order valence-electron chi connectivity index (χ3n) is 4.18. The molecule has 0 bridgehead atoms. The third-order valence-corrected chi connectivity index (χ3v) is 4.18. The van der Waals surface area contributed by atoms with Crippen LogP contribution in [0.4, 0.5) is 10.3 Å². The van der Waals surface area contributed by atoms with Gasteiger partial charge in [-0.2, -0.15) is 0 Å². The van der Waals surface area contributed by atoms with E-state index in [1.54, 1.807) is 42.9 Å². The topological polar surface area (TPSA) is 94.1 Å². The Labute approximate surface area is 148 Å². The van der Waals surface area contributed by atoms with Crippen LogP contribution in [0.5, 0.6) is 11.5 Å². The molecule has 2 heterocycles. The second-order valence-electron chi connectivity index (χ2n) is 5.80. The van der Waals surface area contributed by atoms with Gasteiger partial charge in [-0.1, -0.05) is 12.1 Å². The normalized spacial score (nSPS) is 12.2. The van der Waals surface area contributed by atoms with Crippen LogP contribution in [0, 0.1) is 5.82 Å². The number of rotatable bonds is 4. The monoisotopic (exact) mass is 350 g/mol. The number of aromatic hydroxyl groups is 2. The molecule has 7 heteroatoms. The van der Waals surface area contributed by atoms with Crippen molar-refractivity contribution < 1.29 is 14.6 Å². The van der Waals surface area contributed by atoms with Crippen molar-refractivity contribution in [2.45, 2.75) is 6.04 Å². The van der Waals surface area contributed by atoms with E-state index in [1.165, 1.54) is 18.2 Å². The van der Waals surface area contributed by atoms with Crippen LogP contribution >= 0.6 is 0 Å². The first kappa shape index (κ1) is 15.9. The van der Waals surface area contributed by atoms with Gasteiger partial charge < -0.3 is 20.5 Å². The number of fused-ring (bicyclic) bond motifs is 1. The van der Waals surface area contributed by atoms with E-state index in [1.807, 2.05) is 0 Å². The molecule has 1 unspecified atom stereocenters. The Hall–Kier alpha value is -3.61. The third kappa shape index (κ3) is 2.79. The molecule has 2 aromatic heterocycles. The number of aromatic amines is 1. The number of phenols is 2. The lowest BCUT2D eigenvalue weighted by Crippen LogP contribution is -2.14. The Kier molecular flexibility index (Phi) is 3.89. The van der Waals surface area contributed by atoms with Crippen LogP contribution in [0.15, 0.2) is 61.1 Å². The highest BCUT2D eigenvalue weighted by atomic mass is 19.1. The van der Waals surface area contributed by atoms with E-state index in [4.69, 9.17) is 0 Å². The Balaban J connectivity index is 1.89. The van der Waals surface area contributed by atoms with Crippen LogP contribution in [0.1, 0.15) is 17.2 Å². The van der Waals surface area contributed by atoms with Crippen LogP contribution in [0.25, 0.3) is 10.9 Å². The fourth-order valence-electron chi connectivity index (χ4n) is 2.96. The Morgan fingerprint density at radius 2 is 1.81 bits per heavy atom. The van der Waals surface area contributed by atoms with Crippen LogP contribution in [-0.4, -0.2) is 25.2 Å². The highest BCUT2D eigenvalue weighted by Crippen LogP contribution is 2.39. The maximum atomic E-state index is 13.8.